The lowest BCUT2D eigenvalue weighted by Gasteiger charge is -2.37. The molecule has 8 nitrogen and oxygen atoms in total. The van der Waals surface area contributed by atoms with Crippen LogP contribution in [0, 0.1) is 12.7 Å². The number of aryl methyl sites for hydroxylation is 1. The number of hydrogen-bond acceptors (Lipinski definition) is 5. The summed E-state index contributed by atoms with van der Waals surface area (Å²) in [6.07, 6.45) is 0.911. The molecule has 0 aliphatic carbocycles. The van der Waals surface area contributed by atoms with Crippen molar-refractivity contribution in [1.82, 2.24) is 25.0 Å². The number of aliphatic imine (C=N–C) groups is 1. The number of guanidine groups is 1. The van der Waals surface area contributed by atoms with Crippen molar-refractivity contribution in [2.75, 3.05) is 51.3 Å². The number of hydrogen-bond donors (Lipinski definition) is 1. The van der Waals surface area contributed by atoms with Gasteiger partial charge in [0.05, 0.1) is 0 Å². The van der Waals surface area contributed by atoms with Crippen LogP contribution in [-0.2, 0) is 18.3 Å². The second-order valence-corrected chi connectivity index (χ2v) is 7.09. The molecule has 0 atom stereocenters. The average molecular weight is 531 g/mol. The monoisotopic (exact) mass is 531 g/mol. The molecule has 0 radical (unpaired) electrons. The summed E-state index contributed by atoms with van der Waals surface area (Å²) in [6, 6.07) is 6.68. The fourth-order valence-corrected chi connectivity index (χ4v) is 3.25. The number of aromatic nitrogens is 3. The summed E-state index contributed by atoms with van der Waals surface area (Å²) >= 11 is 0. The Balaban J connectivity index is 0.00000320. The van der Waals surface area contributed by atoms with Crippen LogP contribution >= 0.6 is 24.0 Å². The molecule has 0 spiro atoms. The Morgan fingerprint density at radius 2 is 1.87 bits per heavy atom. The number of nitrogens with zero attached hydrogens (tertiary/aromatic N) is 6. The summed E-state index contributed by atoms with van der Waals surface area (Å²) < 4.78 is 20.3. The zero-order valence-corrected chi connectivity index (χ0v) is 20.2. The van der Waals surface area contributed by atoms with Crippen molar-refractivity contribution in [2.45, 2.75) is 19.9 Å². The Kier molecular flexibility index (Phi) is 9.76. The molecule has 2 aromatic rings. The third kappa shape index (κ3) is 6.53. The maximum atomic E-state index is 13.2. The van der Waals surface area contributed by atoms with Crippen LogP contribution in [0.5, 0.6) is 0 Å². The average Bonchev–Trinajstić information content (AvgIpc) is 3.06. The van der Waals surface area contributed by atoms with Gasteiger partial charge in [0.15, 0.2) is 11.8 Å². The van der Waals surface area contributed by atoms with Gasteiger partial charge in [-0.1, -0.05) is 0 Å². The molecule has 1 aliphatic heterocycles. The van der Waals surface area contributed by atoms with Crippen LogP contribution in [0.4, 0.5) is 10.1 Å². The predicted octanol–water partition coefficient (Wildman–Crippen LogP) is 2.18. The molecule has 30 heavy (non-hydrogen) atoms. The molecule has 1 aliphatic rings. The topological polar surface area (TPSA) is 70.8 Å². The van der Waals surface area contributed by atoms with Crippen molar-refractivity contribution in [2.24, 2.45) is 12.0 Å². The van der Waals surface area contributed by atoms with Gasteiger partial charge >= 0.3 is 0 Å². The lowest BCUT2D eigenvalue weighted by molar-refractivity contribution is 0.195. The molecule has 2 heterocycles. The molecule has 10 heteroatoms. The Hall–Kier alpha value is -1.95. The van der Waals surface area contributed by atoms with Gasteiger partial charge in [-0.2, -0.15) is 0 Å². The van der Waals surface area contributed by atoms with Crippen molar-refractivity contribution >= 4 is 35.6 Å². The first-order valence-electron chi connectivity index (χ1n) is 9.96. The van der Waals surface area contributed by atoms with E-state index in [-0.39, 0.29) is 29.8 Å². The van der Waals surface area contributed by atoms with Gasteiger partial charge in [0, 0.05) is 59.2 Å². The maximum absolute atomic E-state index is 13.2. The van der Waals surface area contributed by atoms with Crippen molar-refractivity contribution in [3.8, 4) is 0 Å². The second-order valence-electron chi connectivity index (χ2n) is 7.09. The highest BCUT2D eigenvalue weighted by atomic mass is 127. The van der Waals surface area contributed by atoms with E-state index in [1.807, 2.05) is 30.7 Å². The van der Waals surface area contributed by atoms with Gasteiger partial charge in [-0.3, -0.25) is 0 Å². The predicted molar refractivity (Wildman–Crippen MR) is 127 cm³/mol. The molecule has 1 saturated heterocycles. The summed E-state index contributed by atoms with van der Waals surface area (Å²) in [5.74, 6) is 2.38. The van der Waals surface area contributed by atoms with E-state index in [4.69, 9.17) is 9.73 Å². The van der Waals surface area contributed by atoms with Crippen molar-refractivity contribution in [3.05, 3.63) is 41.7 Å². The zero-order valence-electron chi connectivity index (χ0n) is 17.8. The molecule has 0 unspecified atom stereocenters. The smallest absolute Gasteiger partial charge is 0.194 e. The molecule has 166 valence electrons. The van der Waals surface area contributed by atoms with Crippen LogP contribution in [0.3, 0.4) is 0 Å². The molecule has 1 aromatic heterocycles. The molecule has 0 bridgehead atoms. The Morgan fingerprint density at radius 1 is 1.17 bits per heavy atom. The van der Waals surface area contributed by atoms with E-state index in [1.54, 1.807) is 7.11 Å². The van der Waals surface area contributed by atoms with Crippen molar-refractivity contribution < 1.29 is 9.13 Å². The number of rotatable bonds is 7. The number of piperazine rings is 1. The van der Waals surface area contributed by atoms with E-state index in [0.717, 1.165) is 62.4 Å². The fraction of sp³-hybridized carbons (Fsp3) is 0.550. The third-order valence-corrected chi connectivity index (χ3v) is 5.13. The summed E-state index contributed by atoms with van der Waals surface area (Å²) in [4.78, 5) is 9.33. The normalized spacial score (nSPS) is 14.6. The van der Waals surface area contributed by atoms with Crippen LogP contribution in [0.25, 0.3) is 0 Å². The van der Waals surface area contributed by atoms with E-state index in [0.29, 0.717) is 13.2 Å². The highest BCUT2D eigenvalue weighted by molar-refractivity contribution is 14.0. The number of halogens is 2. The minimum absolute atomic E-state index is 0. The SMILES string of the molecule is COCCCNC(=NCc1nnc(C)n1C)N1CCN(c2ccc(F)cc2)CC1.I. The van der Waals surface area contributed by atoms with Crippen LogP contribution in [0.15, 0.2) is 29.3 Å². The second kappa shape index (κ2) is 12.0. The quantitative estimate of drug-likeness (QED) is 0.256. The fourth-order valence-electron chi connectivity index (χ4n) is 3.25. The van der Waals surface area contributed by atoms with Crippen molar-refractivity contribution in [3.63, 3.8) is 0 Å². The van der Waals surface area contributed by atoms with Crippen LogP contribution in [0.2, 0.25) is 0 Å². The highest BCUT2D eigenvalue weighted by Gasteiger charge is 2.20. The molecular formula is C20H31FIN7O. The molecule has 0 saturated carbocycles. The first kappa shape index (κ1) is 24.3. The van der Waals surface area contributed by atoms with Gasteiger partial charge in [-0.25, -0.2) is 9.38 Å². The van der Waals surface area contributed by atoms with Gasteiger partial charge in [-0.15, -0.1) is 34.2 Å². The van der Waals surface area contributed by atoms with E-state index in [1.165, 1.54) is 12.1 Å². The summed E-state index contributed by atoms with van der Waals surface area (Å²) in [7, 11) is 3.66. The minimum atomic E-state index is -0.207. The lowest BCUT2D eigenvalue weighted by atomic mass is 10.2. The van der Waals surface area contributed by atoms with E-state index >= 15 is 0 Å². The number of ether oxygens (including phenoxy) is 1. The van der Waals surface area contributed by atoms with Gasteiger partial charge < -0.3 is 24.4 Å². The van der Waals surface area contributed by atoms with Crippen molar-refractivity contribution in [1.29, 1.82) is 0 Å². The standard InChI is InChI=1S/C20H30FN7O.HI/c1-16-24-25-19(26(16)2)15-23-20(22-9-4-14-29-3)28-12-10-27(11-13-28)18-7-5-17(21)6-8-18;/h5-8H,4,9-15H2,1-3H3,(H,22,23);1H. The first-order valence-corrected chi connectivity index (χ1v) is 9.96. The summed E-state index contributed by atoms with van der Waals surface area (Å²) in [6.45, 7) is 7.29. The highest BCUT2D eigenvalue weighted by Crippen LogP contribution is 2.17. The molecular weight excluding hydrogens is 500 g/mol. The zero-order chi connectivity index (χ0) is 20.6. The molecule has 3 rings (SSSR count). The number of benzene rings is 1. The summed E-state index contributed by atoms with van der Waals surface area (Å²) in [5, 5.41) is 11.8. The molecule has 1 aromatic carbocycles. The third-order valence-electron chi connectivity index (χ3n) is 5.13. The van der Waals surface area contributed by atoms with Gasteiger partial charge in [0.1, 0.15) is 18.2 Å². The number of nitrogens with one attached hydrogen (secondary N) is 1. The first-order chi connectivity index (χ1) is 14.1. The van der Waals surface area contributed by atoms with E-state index in [9.17, 15) is 4.39 Å². The Labute approximate surface area is 194 Å². The van der Waals surface area contributed by atoms with Crippen LogP contribution < -0.4 is 10.2 Å². The Morgan fingerprint density at radius 3 is 2.47 bits per heavy atom. The van der Waals surface area contributed by atoms with Crippen LogP contribution in [0.1, 0.15) is 18.1 Å². The molecule has 0 amide bonds. The minimum Gasteiger partial charge on any atom is -0.385 e. The molecule has 1 fully saturated rings. The van der Waals surface area contributed by atoms with E-state index < -0.39 is 0 Å². The van der Waals surface area contributed by atoms with Gasteiger partial charge in [-0.05, 0) is 37.6 Å². The van der Waals surface area contributed by atoms with E-state index in [2.05, 4.69) is 25.3 Å². The Bertz CT molecular complexity index is 804. The lowest BCUT2D eigenvalue weighted by Crippen LogP contribution is -2.52. The molecule has 1 N–H and O–H groups in total. The number of anilines is 1. The van der Waals surface area contributed by atoms with Crippen LogP contribution in [-0.4, -0.2) is 72.1 Å². The summed E-state index contributed by atoms with van der Waals surface area (Å²) in [5.41, 5.74) is 1.05. The maximum Gasteiger partial charge on any atom is 0.194 e. The number of methoxy groups -OCH3 is 1. The van der Waals surface area contributed by atoms with Gasteiger partial charge in [0.25, 0.3) is 0 Å². The largest absolute Gasteiger partial charge is 0.385 e. The van der Waals surface area contributed by atoms with Gasteiger partial charge in [0.2, 0.25) is 0 Å².